The molecule has 0 N–H and O–H groups in total. The zero-order valence-electron chi connectivity index (χ0n) is 12.7. The van der Waals surface area contributed by atoms with Crippen LogP contribution in [0.2, 0.25) is 0 Å². The van der Waals surface area contributed by atoms with Crippen LogP contribution < -0.4 is 9.61 Å². The molecule has 0 spiro atoms. The van der Waals surface area contributed by atoms with Gasteiger partial charge in [-0.25, -0.2) is 4.79 Å². The monoisotopic (exact) mass is 342 g/mol. The first-order valence-electron chi connectivity index (χ1n) is 6.73. The molecule has 0 aliphatic carbocycles. The van der Waals surface area contributed by atoms with Crippen LogP contribution in [-0.4, -0.2) is 36.4 Å². The highest BCUT2D eigenvalue weighted by atomic mass is 32.2. The second kappa shape index (κ2) is 7.55. The molecule has 0 fully saturated rings. The zero-order valence-corrected chi connectivity index (χ0v) is 14.3. The van der Waals surface area contributed by atoms with Gasteiger partial charge < -0.3 is 9.47 Å². The van der Waals surface area contributed by atoms with Gasteiger partial charge in [0.15, 0.2) is 0 Å². The molecule has 0 radical (unpaired) electrons. The summed E-state index contributed by atoms with van der Waals surface area (Å²) in [5, 5.41) is 0. The van der Waals surface area contributed by atoms with Crippen LogP contribution in [0.3, 0.4) is 0 Å². The molecule has 0 saturated carbocycles. The van der Waals surface area contributed by atoms with Crippen molar-refractivity contribution in [1.29, 1.82) is 0 Å². The van der Waals surface area contributed by atoms with Gasteiger partial charge in [-0.15, -0.1) is 0 Å². The minimum Gasteiger partial charge on any atom is -0.494 e. The van der Waals surface area contributed by atoms with Gasteiger partial charge in [-0.3, -0.25) is 9.36 Å². The summed E-state index contributed by atoms with van der Waals surface area (Å²) in [6, 6.07) is 5.53. The van der Waals surface area contributed by atoms with Crippen LogP contribution >= 0.6 is 11.3 Å². The lowest BCUT2D eigenvalue weighted by Gasteiger charge is -2.05. The Kier molecular flexibility index (Phi) is 5.73. The van der Waals surface area contributed by atoms with E-state index < -0.39 is 6.09 Å². The first-order valence-corrected chi connectivity index (χ1v) is 9.55. The fraction of sp³-hybridized carbons (Fsp3) is 0.429. The number of carbonyl (C=O) groups excluding carboxylic acids is 1. The van der Waals surface area contributed by atoms with E-state index in [-0.39, 0.29) is 22.2 Å². The molecule has 0 atom stereocenters. The van der Waals surface area contributed by atoms with Gasteiger partial charge in [-0.05, 0) is 37.6 Å². The minimum absolute atomic E-state index is 0.0811. The molecule has 2 aromatic rings. The van der Waals surface area contributed by atoms with Gasteiger partial charge in [-0.1, -0.05) is 22.0 Å². The third kappa shape index (κ3) is 4.17. The van der Waals surface area contributed by atoms with E-state index in [1.54, 1.807) is 4.57 Å². The molecule has 6 nitrogen and oxygen atoms in total. The first-order chi connectivity index (χ1) is 10.5. The van der Waals surface area contributed by atoms with Gasteiger partial charge in [0.05, 0.1) is 23.4 Å². The fourth-order valence-electron chi connectivity index (χ4n) is 1.91. The summed E-state index contributed by atoms with van der Waals surface area (Å²) in [5.41, 5.74) is 0.817. The Bertz CT molecular complexity index is 760. The summed E-state index contributed by atoms with van der Waals surface area (Å²) in [6.07, 6.45) is 3.07. The van der Waals surface area contributed by atoms with Crippen molar-refractivity contribution in [2.75, 3.05) is 25.7 Å². The van der Waals surface area contributed by atoms with E-state index in [2.05, 4.69) is 4.36 Å². The Morgan fingerprint density at radius 2 is 2.18 bits per heavy atom. The first kappa shape index (κ1) is 16.7. The van der Waals surface area contributed by atoms with Crippen molar-refractivity contribution < 1.29 is 14.3 Å². The highest BCUT2D eigenvalue weighted by Crippen LogP contribution is 2.23. The summed E-state index contributed by atoms with van der Waals surface area (Å²) in [4.78, 5) is 23.3. The Balaban J connectivity index is 2.11. The van der Waals surface area contributed by atoms with Gasteiger partial charge in [0, 0.05) is 0 Å². The predicted molar refractivity (Wildman–Crippen MR) is 90.2 cm³/mol. The smallest absolute Gasteiger partial charge is 0.439 e. The number of carbonyl (C=O) groups is 1. The van der Waals surface area contributed by atoms with Crippen LogP contribution in [0, 0.1) is 0 Å². The van der Waals surface area contributed by atoms with E-state index in [1.165, 1.54) is 0 Å². The van der Waals surface area contributed by atoms with Gasteiger partial charge in [0.1, 0.15) is 12.4 Å². The number of amides is 1. The maximum Gasteiger partial charge on any atom is 0.439 e. The molecule has 8 heteroatoms. The van der Waals surface area contributed by atoms with Crippen LogP contribution in [0.15, 0.2) is 27.4 Å². The van der Waals surface area contributed by atoms with E-state index in [0.29, 0.717) is 13.2 Å². The van der Waals surface area contributed by atoms with Gasteiger partial charge in [0.2, 0.25) is 0 Å². The molecule has 0 bridgehead atoms. The lowest BCUT2D eigenvalue weighted by molar-refractivity contribution is 0.153. The highest BCUT2D eigenvalue weighted by Gasteiger charge is 2.09. The average molecular weight is 342 g/mol. The quantitative estimate of drug-likeness (QED) is 0.837. The van der Waals surface area contributed by atoms with E-state index in [4.69, 9.17) is 9.47 Å². The number of ether oxygens (including phenoxy) is 2. The van der Waals surface area contributed by atoms with Crippen molar-refractivity contribution >= 4 is 38.3 Å². The van der Waals surface area contributed by atoms with Crippen molar-refractivity contribution in [3.05, 3.63) is 27.9 Å². The number of thiazole rings is 1. The molecule has 1 heterocycles. The predicted octanol–water partition coefficient (Wildman–Crippen LogP) is 2.66. The highest BCUT2D eigenvalue weighted by molar-refractivity contribution is 7.86. The van der Waals surface area contributed by atoms with Crippen LogP contribution in [-0.2, 0) is 22.0 Å². The molecular weight excluding hydrogens is 324 g/mol. The molecule has 1 amide bonds. The number of fused-ring (bicyclic) bond motifs is 1. The Hall–Kier alpha value is -1.67. The molecule has 2 rings (SSSR count). The molecule has 120 valence electrons. The number of rotatable bonds is 5. The average Bonchev–Trinajstić information content (AvgIpc) is 2.74. The molecule has 1 aromatic heterocycles. The van der Waals surface area contributed by atoms with Crippen molar-refractivity contribution in [3.8, 4) is 5.75 Å². The van der Waals surface area contributed by atoms with Crippen molar-refractivity contribution in [2.45, 2.75) is 13.5 Å². The number of nitrogens with zero attached hydrogens (tertiary/aromatic N) is 2. The van der Waals surface area contributed by atoms with Crippen molar-refractivity contribution in [3.63, 3.8) is 0 Å². The lowest BCUT2D eigenvalue weighted by Crippen LogP contribution is -2.17. The number of benzene rings is 1. The van der Waals surface area contributed by atoms with Crippen LogP contribution in [0.4, 0.5) is 4.79 Å². The SMILES string of the molecule is CCOc1ccc2c(c1)sc(=O)n2CCOC(=O)N=S(C)C. The normalized spacial score (nSPS) is 10.9. The second-order valence-electron chi connectivity index (χ2n) is 4.56. The van der Waals surface area contributed by atoms with E-state index in [1.807, 2.05) is 37.6 Å². The van der Waals surface area contributed by atoms with Gasteiger partial charge in [0.25, 0.3) is 0 Å². The molecule has 0 saturated heterocycles. The Labute approximate surface area is 134 Å². The van der Waals surface area contributed by atoms with Crippen LogP contribution in [0.1, 0.15) is 6.92 Å². The number of hydrogen-bond donors (Lipinski definition) is 0. The van der Waals surface area contributed by atoms with Crippen molar-refractivity contribution in [2.24, 2.45) is 4.36 Å². The number of hydrogen-bond acceptors (Lipinski definition) is 5. The Morgan fingerprint density at radius 1 is 1.41 bits per heavy atom. The standard InChI is InChI=1S/C14H18N2O4S2/c1-4-19-10-5-6-11-12(9-10)21-14(18)16(11)7-8-20-13(17)15-22(2)3/h5-6,9H,4,7-8H2,1-3H3. The summed E-state index contributed by atoms with van der Waals surface area (Å²) < 4.78 is 16.7. The van der Waals surface area contributed by atoms with Gasteiger partial charge in [-0.2, -0.15) is 4.36 Å². The van der Waals surface area contributed by atoms with Crippen LogP contribution in [0.25, 0.3) is 10.2 Å². The topological polar surface area (TPSA) is 69.9 Å². The van der Waals surface area contributed by atoms with Crippen LogP contribution in [0.5, 0.6) is 5.75 Å². The maximum absolute atomic E-state index is 12.0. The molecule has 0 unspecified atom stereocenters. The third-order valence-electron chi connectivity index (χ3n) is 2.75. The molecule has 0 aliphatic rings. The third-order valence-corrected chi connectivity index (χ3v) is 4.20. The summed E-state index contributed by atoms with van der Waals surface area (Å²) in [5.74, 6) is 0.742. The Morgan fingerprint density at radius 3 is 2.86 bits per heavy atom. The fourth-order valence-corrected chi connectivity index (χ4v) is 3.21. The largest absolute Gasteiger partial charge is 0.494 e. The second-order valence-corrected chi connectivity index (χ2v) is 7.28. The molecule has 0 aliphatic heterocycles. The summed E-state index contributed by atoms with van der Waals surface area (Å²) in [6.45, 7) is 2.93. The minimum atomic E-state index is -0.584. The van der Waals surface area contributed by atoms with E-state index in [0.717, 1.165) is 27.3 Å². The maximum atomic E-state index is 12.0. The number of aromatic nitrogens is 1. The van der Waals surface area contributed by atoms with E-state index >= 15 is 0 Å². The van der Waals surface area contributed by atoms with Crippen molar-refractivity contribution in [1.82, 2.24) is 4.57 Å². The molecular formula is C14H18N2O4S2. The molecule has 22 heavy (non-hydrogen) atoms. The lowest BCUT2D eigenvalue weighted by atomic mass is 10.3. The van der Waals surface area contributed by atoms with Gasteiger partial charge >= 0.3 is 11.0 Å². The zero-order chi connectivity index (χ0) is 16.1. The summed E-state index contributed by atoms with van der Waals surface area (Å²) in [7, 11) is -0.347. The molecule has 1 aromatic carbocycles. The summed E-state index contributed by atoms with van der Waals surface area (Å²) >= 11 is 1.15. The van der Waals surface area contributed by atoms with E-state index in [9.17, 15) is 9.59 Å².